The fourth-order valence-corrected chi connectivity index (χ4v) is 2.09. The van der Waals surface area contributed by atoms with Crippen molar-refractivity contribution in [3.05, 3.63) is 35.9 Å². The number of nitrogens with one attached hydrogen (secondary N) is 2. The fourth-order valence-electron chi connectivity index (χ4n) is 2.09. The van der Waals surface area contributed by atoms with Crippen LogP contribution < -0.4 is 16.4 Å². The predicted octanol–water partition coefficient (Wildman–Crippen LogP) is -1.20. The van der Waals surface area contributed by atoms with Gasteiger partial charge in [-0.05, 0) is 5.56 Å². The molecule has 1 fully saturated rings. The van der Waals surface area contributed by atoms with E-state index in [2.05, 4.69) is 10.6 Å². The third-order valence-electron chi connectivity index (χ3n) is 3.21. The van der Waals surface area contributed by atoms with Crippen molar-refractivity contribution in [2.24, 2.45) is 5.73 Å². The molecule has 1 aliphatic heterocycles. The summed E-state index contributed by atoms with van der Waals surface area (Å²) < 4.78 is 0. The van der Waals surface area contributed by atoms with Gasteiger partial charge < -0.3 is 21.5 Å². The van der Waals surface area contributed by atoms with Gasteiger partial charge in [0.25, 0.3) is 0 Å². The topological polar surface area (TPSA) is 122 Å². The summed E-state index contributed by atoms with van der Waals surface area (Å²) in [5, 5.41) is 14.2. The summed E-state index contributed by atoms with van der Waals surface area (Å²) in [6.07, 6.45) is 0. The van der Waals surface area contributed by atoms with Crippen molar-refractivity contribution in [3.8, 4) is 0 Å². The lowest BCUT2D eigenvalue weighted by Gasteiger charge is -2.36. The van der Waals surface area contributed by atoms with Crippen molar-refractivity contribution in [3.63, 3.8) is 0 Å². The first-order valence-electron chi connectivity index (χ1n) is 6.13. The van der Waals surface area contributed by atoms with Gasteiger partial charge in [-0.2, -0.15) is 0 Å². The van der Waals surface area contributed by atoms with Gasteiger partial charge in [0, 0.05) is 6.54 Å². The van der Waals surface area contributed by atoms with Crippen LogP contribution in [0.15, 0.2) is 30.3 Å². The Labute approximate surface area is 115 Å². The van der Waals surface area contributed by atoms with E-state index in [9.17, 15) is 19.5 Å². The highest BCUT2D eigenvalue weighted by Crippen LogP contribution is 2.17. The van der Waals surface area contributed by atoms with Crippen LogP contribution in [0.5, 0.6) is 0 Å². The van der Waals surface area contributed by atoms with Crippen LogP contribution in [0.3, 0.4) is 0 Å². The number of carbonyl (C=O) groups excluding carboxylic acids is 2. The monoisotopic (exact) mass is 277 g/mol. The molecule has 106 valence electrons. The minimum Gasteiger partial charge on any atom is -0.480 e. The molecule has 0 aliphatic carbocycles. The van der Waals surface area contributed by atoms with E-state index in [-0.39, 0.29) is 18.5 Å². The number of rotatable bonds is 5. The molecule has 1 heterocycles. The van der Waals surface area contributed by atoms with Crippen LogP contribution in [0, 0.1) is 0 Å². The molecule has 0 bridgehead atoms. The molecule has 7 nitrogen and oxygen atoms in total. The normalized spacial score (nSPS) is 22.4. The summed E-state index contributed by atoms with van der Waals surface area (Å²) >= 11 is 0. The molecule has 7 heteroatoms. The number of hydrogen-bond donors (Lipinski definition) is 4. The Bertz CT molecular complexity index is 532. The quantitative estimate of drug-likeness (QED) is 0.398. The molecule has 1 aliphatic rings. The first kappa shape index (κ1) is 14.0. The molecule has 0 aromatic heterocycles. The van der Waals surface area contributed by atoms with Crippen LogP contribution in [0.2, 0.25) is 0 Å². The van der Waals surface area contributed by atoms with E-state index in [1.165, 1.54) is 0 Å². The molecule has 2 rings (SSSR count). The number of hydrogen-bond acceptors (Lipinski definition) is 4. The minimum absolute atomic E-state index is 0.180. The Balaban J connectivity index is 2.13. The average Bonchev–Trinajstić information content (AvgIpc) is 2.43. The summed E-state index contributed by atoms with van der Waals surface area (Å²) in [7, 11) is 0. The molecule has 0 radical (unpaired) electrons. The number of amides is 2. The molecule has 0 spiro atoms. The van der Waals surface area contributed by atoms with E-state index < -0.39 is 23.8 Å². The molecule has 1 aromatic carbocycles. The molecular formula is C13H15N3O4. The second kappa shape index (κ2) is 5.70. The highest BCUT2D eigenvalue weighted by Gasteiger charge is 2.41. The first-order chi connectivity index (χ1) is 9.54. The van der Waals surface area contributed by atoms with Crippen LogP contribution in [0.4, 0.5) is 0 Å². The van der Waals surface area contributed by atoms with Gasteiger partial charge in [-0.3, -0.25) is 14.4 Å². The summed E-state index contributed by atoms with van der Waals surface area (Å²) in [6, 6.07) is 7.02. The van der Waals surface area contributed by atoms with Gasteiger partial charge in [0.05, 0.1) is 6.04 Å². The van der Waals surface area contributed by atoms with Crippen LogP contribution in [-0.4, -0.2) is 41.5 Å². The Kier molecular flexibility index (Phi) is 3.99. The highest BCUT2D eigenvalue weighted by atomic mass is 16.4. The van der Waals surface area contributed by atoms with Crippen molar-refractivity contribution >= 4 is 17.8 Å². The summed E-state index contributed by atoms with van der Waals surface area (Å²) in [4.78, 5) is 34.7. The van der Waals surface area contributed by atoms with Crippen LogP contribution in [0.1, 0.15) is 11.5 Å². The standard InChI is InChI=1S/C13H15N3O4/c14-6-8-10(12(18)15-8)16-11(17)9(13(19)20)7-4-2-1-3-5-7/h1-5,8-10H,6,14H2,(H,15,18)(H,16,17)(H,19,20)/t8-,9?,10+/m0/s1. The van der Waals surface area contributed by atoms with Gasteiger partial charge in [0.1, 0.15) is 6.04 Å². The number of nitrogens with two attached hydrogens (primary N) is 1. The minimum atomic E-state index is -1.34. The van der Waals surface area contributed by atoms with E-state index in [0.29, 0.717) is 5.56 Å². The maximum absolute atomic E-state index is 12.1. The summed E-state index contributed by atoms with van der Waals surface area (Å²) in [6.45, 7) is 0.180. The lowest BCUT2D eigenvalue weighted by Crippen LogP contribution is -2.71. The molecule has 5 N–H and O–H groups in total. The van der Waals surface area contributed by atoms with E-state index >= 15 is 0 Å². The Hall–Kier alpha value is -2.41. The van der Waals surface area contributed by atoms with E-state index in [4.69, 9.17) is 5.73 Å². The largest absolute Gasteiger partial charge is 0.480 e. The van der Waals surface area contributed by atoms with Gasteiger partial charge in [-0.1, -0.05) is 30.3 Å². The summed E-state index contributed by atoms with van der Waals surface area (Å²) in [5.41, 5.74) is 5.79. The van der Waals surface area contributed by atoms with Crippen molar-refractivity contribution in [1.82, 2.24) is 10.6 Å². The molecule has 2 amide bonds. The zero-order valence-electron chi connectivity index (χ0n) is 10.6. The number of carboxylic acids is 1. The van der Waals surface area contributed by atoms with Gasteiger partial charge in [-0.25, -0.2) is 0 Å². The lowest BCUT2D eigenvalue weighted by molar-refractivity contribution is -0.145. The zero-order valence-corrected chi connectivity index (χ0v) is 10.6. The number of carboxylic acid groups (broad SMARTS) is 1. The van der Waals surface area contributed by atoms with Crippen LogP contribution in [0.25, 0.3) is 0 Å². The van der Waals surface area contributed by atoms with Gasteiger partial charge in [0.15, 0.2) is 5.92 Å². The average molecular weight is 277 g/mol. The molecule has 20 heavy (non-hydrogen) atoms. The van der Waals surface area contributed by atoms with Gasteiger partial charge >= 0.3 is 5.97 Å². The zero-order chi connectivity index (χ0) is 14.7. The molecule has 3 atom stereocenters. The SMILES string of the molecule is NC[C@@H]1NC(=O)[C@@H]1NC(=O)C(C(=O)O)c1ccccc1. The molecule has 1 aromatic rings. The van der Waals surface area contributed by atoms with E-state index in [0.717, 1.165) is 0 Å². The smallest absolute Gasteiger partial charge is 0.320 e. The van der Waals surface area contributed by atoms with Crippen molar-refractivity contribution in [2.45, 2.75) is 18.0 Å². The lowest BCUT2D eigenvalue weighted by atomic mass is 9.95. The molecule has 0 saturated carbocycles. The number of β-lactam (4-membered cyclic amide) rings is 1. The van der Waals surface area contributed by atoms with E-state index in [1.807, 2.05) is 0 Å². The third kappa shape index (κ3) is 2.62. The number of aliphatic carboxylic acids is 1. The predicted molar refractivity (Wildman–Crippen MR) is 69.7 cm³/mol. The second-order valence-electron chi connectivity index (χ2n) is 4.52. The van der Waals surface area contributed by atoms with Crippen molar-refractivity contribution < 1.29 is 19.5 Å². The third-order valence-corrected chi connectivity index (χ3v) is 3.21. The van der Waals surface area contributed by atoms with Gasteiger partial charge in [-0.15, -0.1) is 0 Å². The molecule has 1 unspecified atom stereocenters. The van der Waals surface area contributed by atoms with Crippen molar-refractivity contribution in [1.29, 1.82) is 0 Å². The number of carbonyl (C=O) groups is 3. The van der Waals surface area contributed by atoms with Crippen LogP contribution in [-0.2, 0) is 14.4 Å². The number of benzene rings is 1. The molecular weight excluding hydrogens is 262 g/mol. The maximum atomic E-state index is 12.1. The maximum Gasteiger partial charge on any atom is 0.320 e. The Morgan fingerprint density at radius 3 is 2.50 bits per heavy atom. The fraction of sp³-hybridized carbons (Fsp3) is 0.308. The van der Waals surface area contributed by atoms with E-state index in [1.54, 1.807) is 30.3 Å². The molecule has 1 saturated heterocycles. The van der Waals surface area contributed by atoms with Crippen molar-refractivity contribution in [2.75, 3.05) is 6.54 Å². The van der Waals surface area contributed by atoms with Crippen LogP contribution >= 0.6 is 0 Å². The van der Waals surface area contributed by atoms with Gasteiger partial charge in [0.2, 0.25) is 11.8 Å². The summed E-state index contributed by atoms with van der Waals surface area (Å²) in [5.74, 6) is -3.69. The second-order valence-corrected chi connectivity index (χ2v) is 4.52. The highest BCUT2D eigenvalue weighted by molar-refractivity contribution is 6.05. The first-order valence-corrected chi connectivity index (χ1v) is 6.13. The Morgan fingerprint density at radius 2 is 2.00 bits per heavy atom. The Morgan fingerprint density at radius 1 is 1.35 bits per heavy atom.